The Bertz CT molecular complexity index is 1780. The van der Waals surface area contributed by atoms with Crippen LogP contribution in [0.3, 0.4) is 0 Å². The van der Waals surface area contributed by atoms with Crippen molar-refractivity contribution in [2.24, 2.45) is 11.8 Å². The summed E-state index contributed by atoms with van der Waals surface area (Å²) in [4.78, 5) is 59.6. The first-order valence-corrected chi connectivity index (χ1v) is 17.9. The average Bonchev–Trinajstić information content (AvgIpc) is 3.98. The van der Waals surface area contributed by atoms with Crippen molar-refractivity contribution in [2.75, 3.05) is 20.3 Å². The number of methoxy groups -OCH3 is 1. The smallest absolute Gasteiger partial charge is 0.405 e. The number of carboxylic acid groups (broad SMARTS) is 1. The molecule has 0 spiro atoms. The number of amides is 4. The van der Waals surface area contributed by atoms with Gasteiger partial charge in [-0.3, -0.25) is 19.1 Å². The largest absolute Gasteiger partial charge is 0.497 e. The molecular formula is C33H41N5O10S. The maximum absolute atomic E-state index is 14.2. The highest BCUT2D eigenvalue weighted by Gasteiger charge is 2.62. The molecule has 49 heavy (non-hydrogen) atoms. The Balaban J connectivity index is 1.33. The molecule has 3 heterocycles. The van der Waals surface area contributed by atoms with E-state index in [-0.39, 0.29) is 38.0 Å². The van der Waals surface area contributed by atoms with Gasteiger partial charge in [-0.1, -0.05) is 19.1 Å². The third kappa shape index (κ3) is 7.29. The molecule has 6 rings (SSSR count). The second kappa shape index (κ2) is 13.5. The Labute approximate surface area is 283 Å². The van der Waals surface area contributed by atoms with Gasteiger partial charge >= 0.3 is 6.09 Å². The van der Waals surface area contributed by atoms with Gasteiger partial charge in [-0.15, -0.1) is 0 Å². The lowest BCUT2D eigenvalue weighted by atomic mass is 9.94. The number of sulfonamides is 1. The zero-order valence-corrected chi connectivity index (χ0v) is 28.3. The molecule has 7 atom stereocenters. The minimum absolute atomic E-state index is 0.00193. The van der Waals surface area contributed by atoms with Gasteiger partial charge in [-0.05, 0) is 68.2 Å². The van der Waals surface area contributed by atoms with Crippen LogP contribution in [0.25, 0.3) is 10.8 Å². The third-order valence-corrected chi connectivity index (χ3v) is 11.5. The number of fused-ring (bicyclic) bond motifs is 3. The molecule has 0 radical (unpaired) electrons. The van der Waals surface area contributed by atoms with E-state index in [1.807, 2.05) is 13.0 Å². The van der Waals surface area contributed by atoms with Gasteiger partial charge in [0.1, 0.15) is 29.5 Å². The molecule has 2 saturated carbocycles. The van der Waals surface area contributed by atoms with E-state index in [1.165, 1.54) is 4.90 Å². The molecule has 2 aliphatic carbocycles. The predicted molar refractivity (Wildman–Crippen MR) is 175 cm³/mol. The first-order chi connectivity index (χ1) is 23.3. The number of nitrogens with one attached hydrogen (secondary N) is 3. The molecular weight excluding hydrogens is 658 g/mol. The van der Waals surface area contributed by atoms with Crippen molar-refractivity contribution in [2.45, 2.75) is 81.0 Å². The Morgan fingerprint density at radius 3 is 2.65 bits per heavy atom. The predicted octanol–water partition coefficient (Wildman–Crippen LogP) is 1.71. The fourth-order valence-corrected chi connectivity index (χ4v) is 8.14. The molecule has 4 amide bonds. The van der Waals surface area contributed by atoms with Crippen LogP contribution in [-0.4, -0.2) is 103 Å². The van der Waals surface area contributed by atoms with Gasteiger partial charge in [0.2, 0.25) is 27.7 Å². The number of rotatable bonds is 7. The quantitative estimate of drug-likeness (QED) is 0.307. The number of aromatic nitrogens is 1. The Morgan fingerprint density at radius 2 is 1.94 bits per heavy atom. The van der Waals surface area contributed by atoms with Gasteiger partial charge in [0.25, 0.3) is 5.91 Å². The van der Waals surface area contributed by atoms with Gasteiger partial charge in [-0.2, -0.15) is 0 Å². The number of benzene rings is 1. The number of carbonyl (C=O) groups excluding carboxylic acids is 3. The lowest BCUT2D eigenvalue weighted by Crippen LogP contribution is -2.59. The minimum Gasteiger partial charge on any atom is -0.497 e. The summed E-state index contributed by atoms with van der Waals surface area (Å²) in [6.45, 7) is 3.61. The Hall–Kier alpha value is -4.44. The van der Waals surface area contributed by atoms with E-state index in [2.05, 4.69) is 20.3 Å². The first-order valence-electron chi connectivity index (χ1n) is 16.4. The first kappa shape index (κ1) is 34.4. The van der Waals surface area contributed by atoms with Gasteiger partial charge in [0.05, 0.1) is 31.6 Å². The van der Waals surface area contributed by atoms with Crippen LogP contribution >= 0.6 is 0 Å². The minimum atomic E-state index is -3.92. The van der Waals surface area contributed by atoms with Crippen molar-refractivity contribution in [3.63, 3.8) is 0 Å². The van der Waals surface area contributed by atoms with Gasteiger partial charge < -0.3 is 34.9 Å². The number of hydrogen-bond acceptors (Lipinski definition) is 10. The van der Waals surface area contributed by atoms with E-state index in [1.54, 1.807) is 50.6 Å². The van der Waals surface area contributed by atoms with Gasteiger partial charge in [-0.25, -0.2) is 18.2 Å². The second-order valence-electron chi connectivity index (χ2n) is 13.3. The summed E-state index contributed by atoms with van der Waals surface area (Å²) in [7, 11) is -2.36. The van der Waals surface area contributed by atoms with Crippen LogP contribution in [0.1, 0.15) is 46.0 Å². The highest BCUT2D eigenvalue weighted by molar-refractivity contribution is 7.91. The second-order valence-corrected chi connectivity index (χ2v) is 15.3. The maximum Gasteiger partial charge on any atom is 0.405 e. The summed E-state index contributed by atoms with van der Waals surface area (Å²) in [6.07, 6.45) is 3.85. The number of nitrogens with zero attached hydrogens (tertiary/aromatic N) is 2. The highest BCUT2D eigenvalue weighted by Crippen LogP contribution is 2.46. The van der Waals surface area contributed by atoms with Crippen molar-refractivity contribution in [3.05, 3.63) is 42.6 Å². The highest BCUT2D eigenvalue weighted by atomic mass is 32.2. The third-order valence-electron chi connectivity index (χ3n) is 9.69. The fraction of sp³-hybridized carbons (Fsp3) is 0.545. The van der Waals surface area contributed by atoms with E-state index in [4.69, 9.17) is 14.2 Å². The van der Waals surface area contributed by atoms with Crippen LogP contribution in [0, 0.1) is 11.8 Å². The molecule has 15 nitrogen and oxygen atoms in total. The topological polar surface area (TPSA) is 203 Å². The van der Waals surface area contributed by atoms with Crippen LogP contribution < -0.4 is 24.8 Å². The Kier molecular flexibility index (Phi) is 9.46. The molecule has 1 saturated heterocycles. The molecule has 1 aromatic carbocycles. The van der Waals surface area contributed by atoms with Gasteiger partial charge in [0.15, 0.2) is 0 Å². The maximum atomic E-state index is 14.2. The summed E-state index contributed by atoms with van der Waals surface area (Å²) >= 11 is 0. The zero-order valence-electron chi connectivity index (χ0n) is 27.5. The number of hydrogen-bond donors (Lipinski definition) is 4. The number of ether oxygens (including phenoxy) is 3. The van der Waals surface area contributed by atoms with Gasteiger partial charge in [0, 0.05) is 23.9 Å². The lowest BCUT2D eigenvalue weighted by molar-refractivity contribution is -0.142. The van der Waals surface area contributed by atoms with E-state index in [0.29, 0.717) is 30.4 Å². The molecule has 3 fully saturated rings. The number of pyridine rings is 1. The molecule has 2 aliphatic heterocycles. The van der Waals surface area contributed by atoms with E-state index < -0.39 is 74.7 Å². The van der Waals surface area contributed by atoms with Crippen LogP contribution in [0.5, 0.6) is 11.6 Å². The number of carbonyl (C=O) groups is 4. The van der Waals surface area contributed by atoms with Crippen molar-refractivity contribution in [3.8, 4) is 11.6 Å². The van der Waals surface area contributed by atoms with Crippen LogP contribution in [-0.2, 0) is 29.1 Å². The molecule has 264 valence electrons. The van der Waals surface area contributed by atoms with E-state index in [9.17, 15) is 32.7 Å². The zero-order chi connectivity index (χ0) is 35.1. The average molecular weight is 700 g/mol. The molecule has 4 aliphatic rings. The monoisotopic (exact) mass is 699 g/mol. The van der Waals surface area contributed by atoms with Crippen molar-refractivity contribution >= 4 is 44.6 Å². The summed E-state index contributed by atoms with van der Waals surface area (Å²) < 4.78 is 45.2. The molecule has 0 bridgehead atoms. The van der Waals surface area contributed by atoms with Crippen LogP contribution in [0.4, 0.5) is 4.79 Å². The fourth-order valence-electron chi connectivity index (χ4n) is 6.78. The summed E-state index contributed by atoms with van der Waals surface area (Å²) in [5.41, 5.74) is -1.57. The van der Waals surface area contributed by atoms with E-state index in [0.717, 1.165) is 5.39 Å². The van der Waals surface area contributed by atoms with Crippen LogP contribution in [0.15, 0.2) is 42.6 Å². The standard InChI is InChI=1S/C33H41N5O10S/c1-18-13-19(2)47-12-4-5-21-16-33(21,31(41)37-49(44,45)24-7-8-24)36-28(39)26-15-23(17-38(26)30(40)27(18)35-32(42)43)48-29-25-9-6-22(46-3)14-20(25)10-11-34-29/h4-6,9-11,14,18-19,21,23-24,26-27,35H,7-8,12-13,15-17H2,1-3H3,(H,36,39)(H,37,41)(H,42,43)/b5-4-/t18-,19+,21?,23-,26+,27+,33?/m1/s1. The lowest BCUT2D eigenvalue weighted by Gasteiger charge is -2.32. The normalized spacial score (nSPS) is 31.3. The van der Waals surface area contributed by atoms with E-state index >= 15 is 0 Å². The molecule has 4 N–H and O–H groups in total. The Morgan fingerprint density at radius 1 is 1.16 bits per heavy atom. The molecule has 2 aromatic rings. The summed E-state index contributed by atoms with van der Waals surface area (Å²) in [5.74, 6) is -2.31. The van der Waals surface area contributed by atoms with Crippen LogP contribution in [0.2, 0.25) is 0 Å². The van der Waals surface area contributed by atoms with Crippen molar-refractivity contribution in [1.82, 2.24) is 25.2 Å². The molecule has 1 aromatic heterocycles. The molecule has 16 heteroatoms. The summed E-state index contributed by atoms with van der Waals surface area (Å²) in [6, 6.07) is 4.77. The molecule has 2 unspecified atom stereocenters. The van der Waals surface area contributed by atoms with Crippen molar-refractivity contribution < 1.29 is 46.9 Å². The summed E-state index contributed by atoms with van der Waals surface area (Å²) in [5, 5.41) is 15.6. The van der Waals surface area contributed by atoms with Crippen molar-refractivity contribution in [1.29, 1.82) is 0 Å². The SMILES string of the molecule is COc1ccc2c(O[C@@H]3C[C@H]4C(=O)NC5(C(=O)NS(=O)(=O)C6CC6)CC5/C=C\CO[C@@H](C)C[C@@H](C)[C@H](NC(=O)O)C(=O)N4C3)nccc2c1.